The number of benzene rings is 2. The van der Waals surface area contributed by atoms with Crippen LogP contribution in [0, 0.1) is 0 Å². The summed E-state index contributed by atoms with van der Waals surface area (Å²) in [5.41, 5.74) is 10.8. The molecule has 0 saturated heterocycles. The lowest BCUT2D eigenvalue weighted by atomic mass is 9.90. The minimum Gasteiger partial charge on any atom is -0.351 e. The summed E-state index contributed by atoms with van der Waals surface area (Å²) in [6, 6.07) is 12.4. The maximum Gasteiger partial charge on any atom is 0.316 e. The standard InChI is InChI=1S/C21H20N4O2S/c22-20(27)23-17-7-3-6-16(11-17)19(26)25-21-24-18(12-28-21)15-9-8-13-4-1-2-5-14(13)10-15/h3,6-12H,1-2,4-5H2,(H3,22,23,27)(H,24,25,26). The molecule has 0 bridgehead atoms. The molecule has 1 aromatic heterocycles. The average Bonchev–Trinajstić information content (AvgIpc) is 3.16. The number of urea groups is 1. The van der Waals surface area contributed by atoms with Gasteiger partial charge in [-0.25, -0.2) is 9.78 Å². The van der Waals surface area contributed by atoms with Gasteiger partial charge >= 0.3 is 6.03 Å². The average molecular weight is 392 g/mol. The highest BCUT2D eigenvalue weighted by Crippen LogP contribution is 2.29. The van der Waals surface area contributed by atoms with Gasteiger partial charge in [0.1, 0.15) is 0 Å². The molecular weight excluding hydrogens is 372 g/mol. The molecule has 0 saturated carbocycles. The molecule has 0 fully saturated rings. The Balaban J connectivity index is 1.49. The molecule has 6 nitrogen and oxygen atoms in total. The summed E-state index contributed by atoms with van der Waals surface area (Å²) in [6.45, 7) is 0. The summed E-state index contributed by atoms with van der Waals surface area (Å²) >= 11 is 1.39. The number of amides is 3. The van der Waals surface area contributed by atoms with Crippen LogP contribution in [0.1, 0.15) is 34.3 Å². The quantitative estimate of drug-likeness (QED) is 0.612. The summed E-state index contributed by atoms with van der Waals surface area (Å²) in [5.74, 6) is -0.292. The third-order valence-electron chi connectivity index (χ3n) is 4.76. The van der Waals surface area contributed by atoms with Crippen molar-refractivity contribution < 1.29 is 9.59 Å². The van der Waals surface area contributed by atoms with Crippen molar-refractivity contribution in [1.82, 2.24) is 4.98 Å². The maximum absolute atomic E-state index is 12.5. The molecule has 3 amide bonds. The Kier molecular flexibility index (Phi) is 5.08. The molecule has 0 aliphatic heterocycles. The lowest BCUT2D eigenvalue weighted by Gasteiger charge is -2.16. The van der Waals surface area contributed by atoms with Crippen molar-refractivity contribution in [3.8, 4) is 11.3 Å². The van der Waals surface area contributed by atoms with Crippen LogP contribution in [-0.2, 0) is 12.8 Å². The topological polar surface area (TPSA) is 97.1 Å². The number of hydrogen-bond donors (Lipinski definition) is 3. The molecule has 0 spiro atoms. The molecule has 1 aliphatic rings. The van der Waals surface area contributed by atoms with E-state index in [4.69, 9.17) is 5.73 Å². The number of carbonyl (C=O) groups excluding carboxylic acids is 2. The summed E-state index contributed by atoms with van der Waals surface area (Å²) in [5, 5.41) is 7.76. The van der Waals surface area contributed by atoms with Crippen molar-refractivity contribution in [2.24, 2.45) is 5.73 Å². The fourth-order valence-corrected chi connectivity index (χ4v) is 4.12. The van der Waals surface area contributed by atoms with Gasteiger partial charge in [-0.05, 0) is 61.1 Å². The zero-order valence-corrected chi connectivity index (χ0v) is 16.0. The van der Waals surface area contributed by atoms with E-state index in [0.29, 0.717) is 16.4 Å². The van der Waals surface area contributed by atoms with Crippen molar-refractivity contribution in [2.75, 3.05) is 10.6 Å². The SMILES string of the molecule is NC(=O)Nc1cccc(C(=O)Nc2nc(-c3ccc4c(c3)CCCC4)cs2)c1. The number of nitrogens with zero attached hydrogens (tertiary/aromatic N) is 1. The van der Waals surface area contributed by atoms with Crippen LogP contribution in [0.5, 0.6) is 0 Å². The lowest BCUT2D eigenvalue weighted by molar-refractivity contribution is 0.102. The molecule has 142 valence electrons. The predicted molar refractivity (Wildman–Crippen MR) is 112 cm³/mol. The van der Waals surface area contributed by atoms with Gasteiger partial charge in [-0.3, -0.25) is 10.1 Å². The first-order valence-electron chi connectivity index (χ1n) is 9.14. The minimum atomic E-state index is -0.674. The van der Waals surface area contributed by atoms with Crippen LogP contribution in [-0.4, -0.2) is 16.9 Å². The summed E-state index contributed by atoms with van der Waals surface area (Å²) in [6.07, 6.45) is 4.76. The normalized spacial score (nSPS) is 12.9. The molecule has 4 rings (SSSR count). The van der Waals surface area contributed by atoms with Gasteiger partial charge in [0.05, 0.1) is 5.69 Å². The Morgan fingerprint density at radius 3 is 2.64 bits per heavy atom. The first-order valence-corrected chi connectivity index (χ1v) is 10.0. The van der Waals surface area contributed by atoms with Crippen LogP contribution in [0.15, 0.2) is 47.8 Å². The van der Waals surface area contributed by atoms with E-state index in [1.165, 1.54) is 35.3 Å². The second kappa shape index (κ2) is 7.82. The van der Waals surface area contributed by atoms with Gasteiger partial charge in [0.2, 0.25) is 0 Å². The third-order valence-corrected chi connectivity index (χ3v) is 5.52. The molecule has 28 heavy (non-hydrogen) atoms. The van der Waals surface area contributed by atoms with E-state index in [1.807, 2.05) is 5.38 Å². The molecule has 2 aromatic carbocycles. The van der Waals surface area contributed by atoms with E-state index < -0.39 is 6.03 Å². The van der Waals surface area contributed by atoms with Crippen LogP contribution < -0.4 is 16.4 Å². The number of hydrogen-bond acceptors (Lipinski definition) is 4. The highest BCUT2D eigenvalue weighted by molar-refractivity contribution is 7.14. The van der Waals surface area contributed by atoms with Gasteiger partial charge in [0.15, 0.2) is 5.13 Å². The van der Waals surface area contributed by atoms with Crippen molar-refractivity contribution in [1.29, 1.82) is 0 Å². The number of carbonyl (C=O) groups is 2. The number of nitrogens with two attached hydrogens (primary N) is 1. The molecule has 0 radical (unpaired) electrons. The van der Waals surface area contributed by atoms with Crippen LogP contribution in [0.25, 0.3) is 11.3 Å². The molecule has 0 unspecified atom stereocenters. The Morgan fingerprint density at radius 1 is 1.00 bits per heavy atom. The smallest absolute Gasteiger partial charge is 0.316 e. The van der Waals surface area contributed by atoms with Crippen LogP contribution in [0.3, 0.4) is 0 Å². The summed E-state index contributed by atoms with van der Waals surface area (Å²) in [7, 11) is 0. The first-order chi connectivity index (χ1) is 13.6. The second-order valence-corrected chi connectivity index (χ2v) is 7.61. The van der Waals surface area contributed by atoms with Crippen molar-refractivity contribution >= 4 is 34.1 Å². The zero-order chi connectivity index (χ0) is 19.5. The Hall–Kier alpha value is -3.19. The highest BCUT2D eigenvalue weighted by Gasteiger charge is 2.13. The summed E-state index contributed by atoms with van der Waals surface area (Å²) < 4.78 is 0. The van der Waals surface area contributed by atoms with Crippen LogP contribution in [0.2, 0.25) is 0 Å². The molecule has 4 N–H and O–H groups in total. The fourth-order valence-electron chi connectivity index (χ4n) is 3.41. The van der Waals surface area contributed by atoms with Crippen LogP contribution >= 0.6 is 11.3 Å². The number of thiazole rings is 1. The van der Waals surface area contributed by atoms with Crippen molar-refractivity contribution in [3.05, 3.63) is 64.5 Å². The Morgan fingerprint density at radius 2 is 1.82 bits per heavy atom. The molecular formula is C21H20N4O2S. The second-order valence-electron chi connectivity index (χ2n) is 6.75. The van der Waals surface area contributed by atoms with Gasteiger partial charge in [-0.15, -0.1) is 11.3 Å². The number of anilines is 2. The van der Waals surface area contributed by atoms with Crippen LogP contribution in [0.4, 0.5) is 15.6 Å². The van der Waals surface area contributed by atoms with E-state index in [0.717, 1.165) is 24.1 Å². The predicted octanol–water partition coefficient (Wildman–Crippen LogP) is 4.43. The highest BCUT2D eigenvalue weighted by atomic mass is 32.1. The summed E-state index contributed by atoms with van der Waals surface area (Å²) in [4.78, 5) is 28.0. The van der Waals surface area contributed by atoms with E-state index in [9.17, 15) is 9.59 Å². The van der Waals surface area contributed by atoms with Gasteiger partial charge in [0, 0.05) is 22.2 Å². The van der Waals surface area contributed by atoms with Gasteiger partial charge in [-0.2, -0.15) is 0 Å². The van der Waals surface area contributed by atoms with E-state index >= 15 is 0 Å². The van der Waals surface area contributed by atoms with Gasteiger partial charge in [-0.1, -0.05) is 18.2 Å². The number of fused-ring (bicyclic) bond motifs is 1. The molecule has 1 aliphatic carbocycles. The number of primary amides is 1. The molecule has 0 atom stereocenters. The lowest BCUT2D eigenvalue weighted by Crippen LogP contribution is -2.19. The monoisotopic (exact) mass is 392 g/mol. The van der Waals surface area contributed by atoms with Crippen molar-refractivity contribution in [3.63, 3.8) is 0 Å². The molecule has 3 aromatic rings. The first kappa shape index (κ1) is 18.2. The van der Waals surface area contributed by atoms with Gasteiger partial charge in [0.25, 0.3) is 5.91 Å². The maximum atomic E-state index is 12.5. The van der Waals surface area contributed by atoms with E-state index in [-0.39, 0.29) is 5.91 Å². The van der Waals surface area contributed by atoms with Crippen molar-refractivity contribution in [2.45, 2.75) is 25.7 Å². The Bertz CT molecular complexity index is 1040. The van der Waals surface area contributed by atoms with E-state index in [2.05, 4.69) is 33.8 Å². The number of aromatic nitrogens is 1. The number of nitrogens with one attached hydrogen (secondary N) is 2. The minimum absolute atomic E-state index is 0.292. The largest absolute Gasteiger partial charge is 0.351 e. The third kappa shape index (κ3) is 4.04. The Labute approximate surface area is 166 Å². The number of rotatable bonds is 4. The number of aryl methyl sites for hydroxylation is 2. The van der Waals surface area contributed by atoms with Gasteiger partial charge < -0.3 is 11.1 Å². The zero-order valence-electron chi connectivity index (χ0n) is 15.2. The van der Waals surface area contributed by atoms with E-state index in [1.54, 1.807) is 24.3 Å². The fraction of sp³-hybridized carbons (Fsp3) is 0.190. The molecule has 1 heterocycles. The molecule has 7 heteroatoms.